The van der Waals surface area contributed by atoms with E-state index in [4.69, 9.17) is 0 Å². The van der Waals surface area contributed by atoms with E-state index in [1.165, 1.54) is 36.3 Å². The lowest BCUT2D eigenvalue weighted by Crippen LogP contribution is -2.19. The molecule has 22 heavy (non-hydrogen) atoms. The largest absolute Gasteiger partial charge is 0.508 e. The molecule has 1 aliphatic heterocycles. The molecular weight excluding hydrogens is 324 g/mol. The molecule has 1 atom stereocenters. The van der Waals surface area contributed by atoms with Crippen molar-refractivity contribution in [3.05, 3.63) is 23.2 Å². The second-order valence-corrected chi connectivity index (χ2v) is 6.77. The number of carbonyl (C=O) groups is 2. The van der Waals surface area contributed by atoms with Crippen LogP contribution in [0.3, 0.4) is 0 Å². The molecule has 0 unspecified atom stereocenters. The first-order valence-electron chi connectivity index (χ1n) is 6.47. The number of phenols is 1. The van der Waals surface area contributed by atoms with Gasteiger partial charge in [-0.3, -0.25) is 9.79 Å². The summed E-state index contributed by atoms with van der Waals surface area (Å²) in [6, 6.07) is 4.27. The molecule has 1 aromatic carbocycles. The Morgan fingerprint density at radius 3 is 3.05 bits per heavy atom. The summed E-state index contributed by atoms with van der Waals surface area (Å²) in [6.07, 6.45) is 0.129. The van der Waals surface area contributed by atoms with Gasteiger partial charge in [-0.05, 0) is 18.2 Å². The van der Waals surface area contributed by atoms with E-state index < -0.39 is 6.04 Å². The Bertz CT molecular complexity index is 784. The highest BCUT2D eigenvalue weighted by atomic mass is 32.2. The van der Waals surface area contributed by atoms with Crippen molar-refractivity contribution < 1.29 is 19.4 Å². The lowest BCUT2D eigenvalue weighted by atomic mass is 10.3. The number of nitrogens with zero attached hydrogens (tertiary/aromatic N) is 2. The zero-order valence-electron chi connectivity index (χ0n) is 11.6. The maximum atomic E-state index is 12.3. The van der Waals surface area contributed by atoms with E-state index in [-0.39, 0.29) is 23.9 Å². The van der Waals surface area contributed by atoms with E-state index in [9.17, 15) is 14.7 Å². The number of phenolic OH excluding ortho intramolecular Hbond substituents is 1. The molecule has 114 valence electrons. The first-order valence-corrected chi connectivity index (χ1v) is 8.27. The lowest BCUT2D eigenvalue weighted by Gasteiger charge is -2.00. The van der Waals surface area contributed by atoms with E-state index in [1.54, 1.807) is 12.1 Å². The molecule has 1 N–H and O–H groups in total. The smallest absolute Gasteiger partial charge is 0.331 e. The molecule has 0 saturated carbocycles. The van der Waals surface area contributed by atoms with Crippen molar-refractivity contribution in [2.24, 2.45) is 4.99 Å². The van der Waals surface area contributed by atoms with Crippen LogP contribution >= 0.6 is 23.1 Å². The first-order chi connectivity index (χ1) is 10.6. The zero-order valence-corrected chi connectivity index (χ0v) is 13.2. The fourth-order valence-corrected chi connectivity index (χ4v) is 3.95. The Morgan fingerprint density at radius 1 is 1.45 bits per heavy atom. The van der Waals surface area contributed by atoms with Crippen LogP contribution in [0.15, 0.2) is 23.2 Å². The number of rotatable bonds is 4. The van der Waals surface area contributed by atoms with Gasteiger partial charge >= 0.3 is 5.97 Å². The number of fused-ring (bicyclic) bond motifs is 1. The van der Waals surface area contributed by atoms with Gasteiger partial charge in [0.2, 0.25) is 0 Å². The highest BCUT2D eigenvalue weighted by Crippen LogP contribution is 2.28. The Morgan fingerprint density at radius 2 is 2.27 bits per heavy atom. The molecule has 0 amide bonds. The Kier molecular flexibility index (Phi) is 4.12. The molecule has 0 bridgehead atoms. The quantitative estimate of drug-likeness (QED) is 0.680. The third kappa shape index (κ3) is 2.97. The fraction of sp³-hybridized carbons (Fsp3) is 0.286. The highest BCUT2D eigenvalue weighted by Gasteiger charge is 2.27. The maximum absolute atomic E-state index is 12.3. The third-order valence-corrected chi connectivity index (χ3v) is 5.23. The van der Waals surface area contributed by atoms with Crippen LogP contribution in [0, 0.1) is 0 Å². The molecule has 8 heteroatoms. The monoisotopic (exact) mass is 336 g/mol. The Labute approximate surface area is 134 Å². The van der Waals surface area contributed by atoms with E-state index in [0.717, 1.165) is 4.70 Å². The van der Waals surface area contributed by atoms with Crippen molar-refractivity contribution in [3.8, 4) is 5.75 Å². The van der Waals surface area contributed by atoms with Crippen molar-refractivity contribution in [2.75, 3.05) is 12.9 Å². The van der Waals surface area contributed by atoms with E-state index in [0.29, 0.717) is 21.3 Å². The number of aliphatic imine (C=N–C) groups is 1. The number of aromatic nitrogens is 1. The van der Waals surface area contributed by atoms with Crippen molar-refractivity contribution in [1.82, 2.24) is 4.98 Å². The average molecular weight is 336 g/mol. The zero-order chi connectivity index (χ0) is 15.7. The number of aromatic hydroxyl groups is 1. The Balaban J connectivity index is 1.75. The molecule has 0 aliphatic carbocycles. The number of benzene rings is 1. The second-order valence-electron chi connectivity index (χ2n) is 4.64. The maximum Gasteiger partial charge on any atom is 0.331 e. The van der Waals surface area contributed by atoms with Gasteiger partial charge in [0.25, 0.3) is 0 Å². The number of thioether (sulfide) groups is 1. The van der Waals surface area contributed by atoms with Crippen molar-refractivity contribution in [3.63, 3.8) is 0 Å². The molecule has 0 fully saturated rings. The summed E-state index contributed by atoms with van der Waals surface area (Å²) in [5.41, 5.74) is 0.680. The van der Waals surface area contributed by atoms with Crippen LogP contribution < -0.4 is 0 Å². The van der Waals surface area contributed by atoms with Gasteiger partial charge in [0.15, 0.2) is 16.8 Å². The molecule has 3 rings (SSSR count). The minimum Gasteiger partial charge on any atom is -0.508 e. The average Bonchev–Trinajstić information content (AvgIpc) is 3.12. The van der Waals surface area contributed by atoms with Crippen molar-refractivity contribution in [1.29, 1.82) is 0 Å². The number of ether oxygens (including phenoxy) is 1. The highest BCUT2D eigenvalue weighted by molar-refractivity contribution is 8.14. The number of carbonyl (C=O) groups excluding carboxylic acids is 2. The van der Waals surface area contributed by atoms with Crippen molar-refractivity contribution >= 4 is 50.1 Å². The molecule has 6 nitrogen and oxygen atoms in total. The lowest BCUT2D eigenvalue weighted by molar-refractivity contribution is -0.141. The number of methoxy groups -OCH3 is 1. The van der Waals surface area contributed by atoms with Gasteiger partial charge in [0.05, 0.1) is 28.8 Å². The van der Waals surface area contributed by atoms with Crippen LogP contribution in [0.25, 0.3) is 10.2 Å². The third-order valence-electron chi connectivity index (χ3n) is 3.10. The van der Waals surface area contributed by atoms with Gasteiger partial charge in [-0.25, -0.2) is 9.78 Å². The van der Waals surface area contributed by atoms with Gasteiger partial charge in [-0.15, -0.1) is 23.1 Å². The molecule has 0 spiro atoms. The minimum atomic E-state index is -0.523. The number of hydrogen-bond acceptors (Lipinski definition) is 8. The predicted octanol–water partition coefficient (Wildman–Crippen LogP) is 2.26. The van der Waals surface area contributed by atoms with Crippen LogP contribution in [0.1, 0.15) is 16.2 Å². The number of esters is 1. The summed E-state index contributed by atoms with van der Waals surface area (Å²) < 4.78 is 5.41. The number of ketones is 1. The van der Waals surface area contributed by atoms with E-state index in [2.05, 4.69) is 14.7 Å². The number of hydrogen-bond donors (Lipinski definition) is 1. The molecule has 0 saturated heterocycles. The van der Waals surface area contributed by atoms with Crippen LogP contribution in [-0.4, -0.2) is 45.8 Å². The SMILES string of the molecule is COC(=O)[C@H]1CSC(CC(=O)c2nc3ccc(O)cc3s2)=N1. The standard InChI is InChI=1S/C14H12N2O4S2/c1-20-14(19)9-6-21-12(15-9)5-10(18)13-16-8-3-2-7(17)4-11(8)22-13/h2-4,9,17H,5-6H2,1H3/t9-/m1/s1. The first kappa shape index (κ1) is 15.0. The minimum absolute atomic E-state index is 0.129. The van der Waals surface area contributed by atoms with Gasteiger partial charge in [0, 0.05) is 5.75 Å². The van der Waals surface area contributed by atoms with Crippen molar-refractivity contribution in [2.45, 2.75) is 12.5 Å². The Hall–Kier alpha value is -1.93. The molecule has 1 aromatic heterocycles. The molecule has 2 aromatic rings. The molecule has 1 aliphatic rings. The summed E-state index contributed by atoms with van der Waals surface area (Å²) in [4.78, 5) is 32.2. The van der Waals surface area contributed by atoms with E-state index >= 15 is 0 Å². The number of Topliss-reactive ketones (excluding diaryl/α,β-unsaturated/α-hetero) is 1. The summed E-state index contributed by atoms with van der Waals surface area (Å²) >= 11 is 2.63. The second kappa shape index (κ2) is 6.05. The normalized spacial score (nSPS) is 17.5. The van der Waals surface area contributed by atoms with Crippen LogP contribution in [0.2, 0.25) is 0 Å². The van der Waals surface area contributed by atoms with Gasteiger partial charge in [-0.2, -0.15) is 0 Å². The van der Waals surface area contributed by atoms with Gasteiger partial charge in [0.1, 0.15) is 5.75 Å². The summed E-state index contributed by atoms with van der Waals surface area (Å²) in [7, 11) is 1.32. The summed E-state index contributed by atoms with van der Waals surface area (Å²) in [5, 5.41) is 10.4. The molecule has 0 radical (unpaired) electrons. The fourth-order valence-electron chi connectivity index (χ4n) is 2.02. The topological polar surface area (TPSA) is 88.9 Å². The van der Waals surface area contributed by atoms with Crippen LogP contribution in [0.5, 0.6) is 5.75 Å². The van der Waals surface area contributed by atoms with Crippen LogP contribution in [-0.2, 0) is 9.53 Å². The summed E-state index contributed by atoms with van der Waals surface area (Å²) in [6.45, 7) is 0. The summed E-state index contributed by atoms with van der Waals surface area (Å²) in [5.74, 6) is 0.123. The predicted molar refractivity (Wildman–Crippen MR) is 85.9 cm³/mol. The van der Waals surface area contributed by atoms with E-state index in [1.807, 2.05) is 0 Å². The van der Waals surface area contributed by atoms with Gasteiger partial charge in [-0.1, -0.05) is 0 Å². The molecule has 2 heterocycles. The van der Waals surface area contributed by atoms with Crippen LogP contribution in [0.4, 0.5) is 0 Å². The van der Waals surface area contributed by atoms with Gasteiger partial charge < -0.3 is 9.84 Å². The molecular formula is C14H12N2O4S2. The number of thiazole rings is 1.